The van der Waals surface area contributed by atoms with Crippen LogP contribution in [0.5, 0.6) is 0 Å². The Morgan fingerprint density at radius 2 is 1.60 bits per heavy atom. The van der Waals surface area contributed by atoms with Crippen molar-refractivity contribution in [1.82, 2.24) is 0 Å². The molecule has 0 saturated heterocycles. The SMILES string of the molecule is C=Cc1ccc(C)cc1C.CC=Cc1cccc(C)c1. The fourth-order valence-electron chi connectivity index (χ4n) is 2.02. The fraction of sp³-hybridized carbons (Fsp3) is 0.200. The zero-order valence-corrected chi connectivity index (χ0v) is 13.0. The first-order valence-electron chi connectivity index (χ1n) is 6.96. The number of hydrogen-bond donors (Lipinski definition) is 0. The average Bonchev–Trinajstić information content (AvgIpc) is 2.40. The largest absolute Gasteiger partial charge is 0.0985 e. The van der Waals surface area contributed by atoms with Gasteiger partial charge in [-0.15, -0.1) is 0 Å². The maximum atomic E-state index is 3.72. The second-order valence-electron chi connectivity index (χ2n) is 4.98. The molecule has 0 aliphatic carbocycles. The molecule has 2 aromatic carbocycles. The molecule has 0 saturated carbocycles. The lowest BCUT2D eigenvalue weighted by Crippen LogP contribution is -1.80. The van der Waals surface area contributed by atoms with Crippen LogP contribution in [0, 0.1) is 20.8 Å². The van der Waals surface area contributed by atoms with E-state index in [-0.39, 0.29) is 0 Å². The summed E-state index contributed by atoms with van der Waals surface area (Å²) in [6.45, 7) is 12.1. The van der Waals surface area contributed by atoms with Gasteiger partial charge in [0.25, 0.3) is 0 Å². The molecule has 0 atom stereocenters. The number of aryl methyl sites for hydroxylation is 3. The monoisotopic (exact) mass is 264 g/mol. The van der Waals surface area contributed by atoms with Crippen molar-refractivity contribution in [1.29, 1.82) is 0 Å². The van der Waals surface area contributed by atoms with Crippen molar-refractivity contribution in [2.75, 3.05) is 0 Å². The van der Waals surface area contributed by atoms with Crippen LogP contribution in [0.2, 0.25) is 0 Å². The standard InChI is InChI=1S/2C10H12/c1-4-10-6-5-8(2)7-9(10)3;1-3-5-10-7-4-6-9(2)8-10/h4-7H,1H2,2-3H3;3-8H,1-2H3. The summed E-state index contributed by atoms with van der Waals surface area (Å²) in [7, 11) is 0. The van der Waals surface area contributed by atoms with Gasteiger partial charge in [0.2, 0.25) is 0 Å². The molecule has 20 heavy (non-hydrogen) atoms. The minimum absolute atomic E-state index is 1.23. The molecule has 0 unspecified atom stereocenters. The highest BCUT2D eigenvalue weighted by Crippen LogP contribution is 2.10. The van der Waals surface area contributed by atoms with Gasteiger partial charge in [-0.2, -0.15) is 0 Å². The fourth-order valence-corrected chi connectivity index (χ4v) is 2.02. The lowest BCUT2D eigenvalue weighted by molar-refractivity contribution is 1.37. The summed E-state index contributed by atoms with van der Waals surface area (Å²) in [5.74, 6) is 0. The first kappa shape index (κ1) is 16.0. The average molecular weight is 264 g/mol. The third-order valence-corrected chi connectivity index (χ3v) is 3.05. The van der Waals surface area contributed by atoms with Crippen molar-refractivity contribution in [3.05, 3.63) is 82.9 Å². The number of hydrogen-bond acceptors (Lipinski definition) is 0. The van der Waals surface area contributed by atoms with Crippen LogP contribution in [-0.2, 0) is 0 Å². The van der Waals surface area contributed by atoms with Crippen molar-refractivity contribution in [2.45, 2.75) is 27.7 Å². The van der Waals surface area contributed by atoms with Crippen molar-refractivity contribution in [3.8, 4) is 0 Å². The number of allylic oxidation sites excluding steroid dienone is 1. The summed E-state index contributed by atoms with van der Waals surface area (Å²) in [6, 6.07) is 14.8. The molecule has 0 heterocycles. The van der Waals surface area contributed by atoms with Crippen molar-refractivity contribution in [3.63, 3.8) is 0 Å². The molecule has 0 nitrogen and oxygen atoms in total. The maximum absolute atomic E-state index is 3.72. The third-order valence-electron chi connectivity index (χ3n) is 3.05. The van der Waals surface area contributed by atoms with E-state index >= 15 is 0 Å². The molecular formula is C20H24. The molecule has 0 radical (unpaired) electrons. The molecular weight excluding hydrogens is 240 g/mol. The van der Waals surface area contributed by atoms with Crippen LogP contribution in [0.15, 0.2) is 55.1 Å². The van der Waals surface area contributed by atoms with Crippen LogP contribution < -0.4 is 0 Å². The molecule has 0 fully saturated rings. The predicted octanol–water partition coefficient (Wildman–Crippen LogP) is 5.97. The molecule has 2 rings (SSSR count). The summed E-state index contributed by atoms with van der Waals surface area (Å²) < 4.78 is 0. The Morgan fingerprint density at radius 1 is 0.900 bits per heavy atom. The third kappa shape index (κ3) is 5.27. The van der Waals surface area contributed by atoms with Crippen LogP contribution >= 0.6 is 0 Å². The van der Waals surface area contributed by atoms with Gasteiger partial charge in [-0.05, 0) is 44.4 Å². The van der Waals surface area contributed by atoms with E-state index in [0.717, 1.165) is 0 Å². The molecule has 0 aliphatic heterocycles. The van der Waals surface area contributed by atoms with Gasteiger partial charge in [0.05, 0.1) is 0 Å². The van der Waals surface area contributed by atoms with E-state index < -0.39 is 0 Å². The van der Waals surface area contributed by atoms with Crippen molar-refractivity contribution < 1.29 is 0 Å². The molecule has 0 aromatic heterocycles. The van der Waals surface area contributed by atoms with Gasteiger partial charge in [0, 0.05) is 0 Å². The summed E-state index contributed by atoms with van der Waals surface area (Å²) in [5, 5.41) is 0. The van der Waals surface area contributed by atoms with Gasteiger partial charge in [0.15, 0.2) is 0 Å². The molecule has 0 aliphatic rings. The van der Waals surface area contributed by atoms with Gasteiger partial charge in [0.1, 0.15) is 0 Å². The highest BCUT2D eigenvalue weighted by molar-refractivity contribution is 5.52. The van der Waals surface area contributed by atoms with E-state index in [4.69, 9.17) is 0 Å². The maximum Gasteiger partial charge on any atom is -0.0233 e. The minimum Gasteiger partial charge on any atom is -0.0985 e. The number of benzene rings is 2. The second-order valence-corrected chi connectivity index (χ2v) is 4.98. The smallest absolute Gasteiger partial charge is 0.0233 e. The van der Waals surface area contributed by atoms with E-state index in [1.807, 2.05) is 13.0 Å². The molecule has 0 spiro atoms. The van der Waals surface area contributed by atoms with Gasteiger partial charge in [-0.1, -0.05) is 78.4 Å². The Balaban J connectivity index is 0.000000200. The Labute approximate surface area is 123 Å². The Morgan fingerprint density at radius 3 is 2.15 bits per heavy atom. The molecule has 0 heteroatoms. The summed E-state index contributed by atoms with van der Waals surface area (Å²) >= 11 is 0. The quantitative estimate of drug-likeness (QED) is 0.626. The van der Waals surface area contributed by atoms with Crippen LogP contribution in [0.3, 0.4) is 0 Å². The van der Waals surface area contributed by atoms with Gasteiger partial charge >= 0.3 is 0 Å². The summed E-state index contributed by atoms with van der Waals surface area (Å²) in [5.41, 5.74) is 6.43. The van der Waals surface area contributed by atoms with Crippen LogP contribution in [-0.4, -0.2) is 0 Å². The van der Waals surface area contributed by atoms with E-state index in [1.54, 1.807) is 0 Å². The topological polar surface area (TPSA) is 0 Å². The zero-order chi connectivity index (χ0) is 15.0. The summed E-state index contributed by atoms with van der Waals surface area (Å²) in [4.78, 5) is 0. The Kier molecular flexibility index (Phi) is 6.52. The molecule has 104 valence electrons. The van der Waals surface area contributed by atoms with E-state index in [1.165, 1.54) is 27.8 Å². The normalized spacial score (nSPS) is 10.0. The van der Waals surface area contributed by atoms with Crippen LogP contribution in [0.1, 0.15) is 34.7 Å². The Hall–Kier alpha value is -2.08. The molecule has 2 aromatic rings. The van der Waals surface area contributed by atoms with Crippen molar-refractivity contribution in [2.24, 2.45) is 0 Å². The summed E-state index contributed by atoms with van der Waals surface area (Å²) in [6.07, 6.45) is 6.04. The molecule has 0 N–H and O–H groups in total. The van der Waals surface area contributed by atoms with E-state index in [2.05, 4.69) is 82.0 Å². The van der Waals surface area contributed by atoms with Crippen LogP contribution in [0.25, 0.3) is 12.2 Å². The van der Waals surface area contributed by atoms with Crippen molar-refractivity contribution >= 4 is 12.2 Å². The molecule has 0 amide bonds. The molecule has 0 bridgehead atoms. The lowest BCUT2D eigenvalue weighted by Gasteiger charge is -1.99. The predicted molar refractivity (Wildman–Crippen MR) is 91.9 cm³/mol. The second kappa shape index (κ2) is 8.16. The van der Waals surface area contributed by atoms with E-state index in [9.17, 15) is 0 Å². The first-order chi connectivity index (χ1) is 9.56. The lowest BCUT2D eigenvalue weighted by atomic mass is 10.1. The van der Waals surface area contributed by atoms with Gasteiger partial charge < -0.3 is 0 Å². The zero-order valence-electron chi connectivity index (χ0n) is 13.0. The van der Waals surface area contributed by atoms with Gasteiger partial charge in [-0.25, -0.2) is 0 Å². The Bertz CT molecular complexity index is 589. The number of rotatable bonds is 2. The highest BCUT2D eigenvalue weighted by atomic mass is 14.0. The van der Waals surface area contributed by atoms with E-state index in [0.29, 0.717) is 0 Å². The first-order valence-corrected chi connectivity index (χ1v) is 6.96. The van der Waals surface area contributed by atoms with Crippen LogP contribution in [0.4, 0.5) is 0 Å². The highest BCUT2D eigenvalue weighted by Gasteiger charge is 1.91. The van der Waals surface area contributed by atoms with Gasteiger partial charge in [-0.3, -0.25) is 0 Å². The minimum atomic E-state index is 1.23.